The Labute approximate surface area is 176 Å². The molecule has 0 aliphatic carbocycles. The molecule has 2 aromatic rings. The molecular formula is C26H38O3. The zero-order valence-electron chi connectivity index (χ0n) is 18.8. The number of aliphatic hydroxyl groups is 2. The highest BCUT2D eigenvalue weighted by Crippen LogP contribution is 2.22. The minimum Gasteiger partial charge on any atom is -0.390 e. The maximum atomic E-state index is 11.8. The fraction of sp³-hybridized carbons (Fsp3) is 0.500. The molecule has 2 aromatic carbocycles. The highest BCUT2D eigenvalue weighted by molar-refractivity contribution is 5.99. The van der Waals surface area contributed by atoms with Crippen LogP contribution >= 0.6 is 0 Å². The van der Waals surface area contributed by atoms with Gasteiger partial charge < -0.3 is 10.2 Å². The van der Waals surface area contributed by atoms with Crippen molar-refractivity contribution in [2.75, 3.05) is 0 Å². The van der Waals surface area contributed by atoms with E-state index in [1.807, 2.05) is 52.0 Å². The first-order valence-electron chi connectivity index (χ1n) is 10.6. The lowest BCUT2D eigenvalue weighted by Gasteiger charge is -2.27. The molecule has 0 amide bonds. The average molecular weight is 399 g/mol. The van der Waals surface area contributed by atoms with E-state index in [9.17, 15) is 15.0 Å². The first kappa shape index (κ1) is 25.1. The summed E-state index contributed by atoms with van der Waals surface area (Å²) in [6, 6.07) is 19.3. The molecule has 0 radical (unpaired) electrons. The fourth-order valence-electron chi connectivity index (χ4n) is 2.71. The molecule has 0 bridgehead atoms. The molecule has 3 unspecified atom stereocenters. The molecule has 3 nitrogen and oxygen atoms in total. The van der Waals surface area contributed by atoms with Gasteiger partial charge in [0.05, 0.1) is 5.60 Å². The largest absolute Gasteiger partial charge is 0.390 e. The molecule has 2 N–H and O–H groups in total. The van der Waals surface area contributed by atoms with Gasteiger partial charge in [0.1, 0.15) is 6.10 Å². The third-order valence-corrected chi connectivity index (χ3v) is 5.88. The van der Waals surface area contributed by atoms with Gasteiger partial charge in [0.25, 0.3) is 0 Å². The van der Waals surface area contributed by atoms with Crippen molar-refractivity contribution in [1.29, 1.82) is 0 Å². The normalized spacial score (nSPS) is 15.2. The van der Waals surface area contributed by atoms with Gasteiger partial charge in [-0.3, -0.25) is 4.79 Å². The summed E-state index contributed by atoms with van der Waals surface area (Å²) in [5.41, 5.74) is 1.33. The summed E-state index contributed by atoms with van der Waals surface area (Å²) >= 11 is 0. The molecule has 0 heterocycles. The van der Waals surface area contributed by atoms with Crippen molar-refractivity contribution in [3.8, 4) is 0 Å². The molecule has 3 atom stereocenters. The third kappa shape index (κ3) is 8.51. The molecule has 0 spiro atoms. The van der Waals surface area contributed by atoms with E-state index in [1.165, 1.54) is 5.56 Å². The van der Waals surface area contributed by atoms with Crippen LogP contribution in [0.4, 0.5) is 0 Å². The van der Waals surface area contributed by atoms with Crippen molar-refractivity contribution in [3.63, 3.8) is 0 Å². The molecule has 0 fully saturated rings. The van der Waals surface area contributed by atoms with Crippen LogP contribution < -0.4 is 0 Å². The van der Waals surface area contributed by atoms with Crippen molar-refractivity contribution in [2.45, 2.75) is 66.1 Å². The van der Waals surface area contributed by atoms with Crippen molar-refractivity contribution < 1.29 is 15.0 Å². The Bertz CT molecular complexity index is 705. The van der Waals surface area contributed by atoms with Gasteiger partial charge in [0, 0.05) is 5.56 Å². The molecule has 0 aliphatic rings. The van der Waals surface area contributed by atoms with Crippen LogP contribution in [-0.4, -0.2) is 27.7 Å². The lowest BCUT2D eigenvalue weighted by atomic mass is 9.87. The summed E-state index contributed by atoms with van der Waals surface area (Å²) in [4.78, 5) is 11.8. The Kier molecular flexibility index (Phi) is 10.3. The van der Waals surface area contributed by atoms with E-state index in [1.54, 1.807) is 24.3 Å². The number of hydrogen-bond donors (Lipinski definition) is 2. The molecule has 160 valence electrons. The summed E-state index contributed by atoms with van der Waals surface area (Å²) in [5, 5.41) is 19.9. The second-order valence-corrected chi connectivity index (χ2v) is 8.78. The number of aliphatic hydroxyl groups excluding tert-OH is 1. The van der Waals surface area contributed by atoms with E-state index >= 15 is 0 Å². The van der Waals surface area contributed by atoms with E-state index in [0.717, 1.165) is 12.8 Å². The number of rotatable bonds is 8. The van der Waals surface area contributed by atoms with E-state index < -0.39 is 11.7 Å². The highest BCUT2D eigenvalue weighted by Gasteiger charge is 2.25. The summed E-state index contributed by atoms with van der Waals surface area (Å²) in [7, 11) is 0. The number of carbonyl (C=O) groups excluding carboxylic acids is 1. The van der Waals surface area contributed by atoms with E-state index in [4.69, 9.17) is 0 Å². The Balaban J connectivity index is 0.000000291. The predicted octanol–water partition coefficient (Wildman–Crippen LogP) is 5.55. The van der Waals surface area contributed by atoms with Gasteiger partial charge in [-0.15, -0.1) is 0 Å². The van der Waals surface area contributed by atoms with E-state index in [-0.39, 0.29) is 11.7 Å². The second kappa shape index (κ2) is 11.9. The van der Waals surface area contributed by atoms with E-state index in [0.29, 0.717) is 17.4 Å². The molecule has 29 heavy (non-hydrogen) atoms. The zero-order valence-corrected chi connectivity index (χ0v) is 18.8. The van der Waals surface area contributed by atoms with Gasteiger partial charge in [0.15, 0.2) is 5.78 Å². The molecule has 0 aliphatic heterocycles. The predicted molar refractivity (Wildman–Crippen MR) is 121 cm³/mol. The summed E-state index contributed by atoms with van der Waals surface area (Å²) < 4.78 is 0. The van der Waals surface area contributed by atoms with Crippen LogP contribution in [0, 0.1) is 17.8 Å². The fourth-order valence-corrected chi connectivity index (χ4v) is 2.71. The van der Waals surface area contributed by atoms with Gasteiger partial charge in [-0.2, -0.15) is 0 Å². The van der Waals surface area contributed by atoms with Gasteiger partial charge >= 0.3 is 0 Å². The number of ketones is 1. The first-order chi connectivity index (χ1) is 13.6. The Morgan fingerprint density at radius 1 is 0.897 bits per heavy atom. The van der Waals surface area contributed by atoms with Gasteiger partial charge in [-0.05, 0) is 43.1 Å². The molecule has 2 rings (SSSR count). The first-order valence-corrected chi connectivity index (χ1v) is 10.6. The lowest BCUT2D eigenvalue weighted by Crippen LogP contribution is -2.31. The Morgan fingerprint density at radius 3 is 1.83 bits per heavy atom. The quantitative estimate of drug-likeness (QED) is 0.573. The van der Waals surface area contributed by atoms with E-state index in [2.05, 4.69) is 26.0 Å². The maximum Gasteiger partial charge on any atom is 0.191 e. The van der Waals surface area contributed by atoms with Crippen molar-refractivity contribution >= 4 is 5.78 Å². The third-order valence-electron chi connectivity index (χ3n) is 5.88. The molecule has 0 saturated carbocycles. The number of Topliss-reactive ketones (excluding diaryl/α,β-unsaturated/α-hetero) is 1. The summed E-state index contributed by atoms with van der Waals surface area (Å²) in [6.45, 7) is 11.9. The van der Waals surface area contributed by atoms with Gasteiger partial charge in [-0.1, -0.05) is 95.3 Å². The Hall–Kier alpha value is -1.97. The minimum atomic E-state index is -0.896. The van der Waals surface area contributed by atoms with Gasteiger partial charge in [0.2, 0.25) is 0 Å². The summed E-state index contributed by atoms with van der Waals surface area (Å²) in [5.74, 6) is 0.411. The molecule has 3 heteroatoms. The smallest absolute Gasteiger partial charge is 0.191 e. The number of benzene rings is 2. The highest BCUT2D eigenvalue weighted by atomic mass is 16.3. The SMILES string of the molecule is CC(C)C(C)(O)CCc1ccccc1.CC(C)C(C)C(O)C(=O)c1ccccc1. The molecular weight excluding hydrogens is 360 g/mol. The van der Waals surface area contributed by atoms with Crippen molar-refractivity contribution in [2.24, 2.45) is 17.8 Å². The van der Waals surface area contributed by atoms with Crippen LogP contribution in [0.3, 0.4) is 0 Å². The molecule has 0 aromatic heterocycles. The second-order valence-electron chi connectivity index (χ2n) is 8.78. The topological polar surface area (TPSA) is 57.5 Å². The molecule has 0 saturated heterocycles. The van der Waals surface area contributed by atoms with Crippen LogP contribution in [-0.2, 0) is 6.42 Å². The van der Waals surface area contributed by atoms with Crippen LogP contribution in [0.15, 0.2) is 60.7 Å². The zero-order chi connectivity index (χ0) is 22.0. The van der Waals surface area contributed by atoms with Crippen LogP contribution in [0.25, 0.3) is 0 Å². The number of hydrogen-bond acceptors (Lipinski definition) is 3. The number of aryl methyl sites for hydroxylation is 1. The minimum absolute atomic E-state index is 0.0160. The number of carbonyl (C=O) groups is 1. The summed E-state index contributed by atoms with van der Waals surface area (Å²) in [6.07, 6.45) is 0.883. The lowest BCUT2D eigenvalue weighted by molar-refractivity contribution is 0.00568. The van der Waals surface area contributed by atoms with Crippen LogP contribution in [0.1, 0.15) is 63.9 Å². The Morgan fingerprint density at radius 2 is 1.38 bits per heavy atom. The standard InChI is InChI=1S/C13H18O2.C13H20O/c1-9(2)10(3)12(14)13(15)11-7-5-4-6-8-11;1-11(2)13(3,14)10-9-12-7-5-4-6-8-12/h4-10,12,14H,1-3H3;4-8,11,14H,9-10H2,1-3H3. The van der Waals surface area contributed by atoms with Crippen molar-refractivity contribution in [3.05, 3.63) is 71.8 Å². The maximum absolute atomic E-state index is 11.8. The van der Waals surface area contributed by atoms with Gasteiger partial charge in [-0.25, -0.2) is 0 Å². The average Bonchev–Trinajstić information content (AvgIpc) is 2.72. The van der Waals surface area contributed by atoms with Crippen molar-refractivity contribution in [1.82, 2.24) is 0 Å². The van der Waals surface area contributed by atoms with Crippen LogP contribution in [0.2, 0.25) is 0 Å². The van der Waals surface area contributed by atoms with Crippen LogP contribution in [0.5, 0.6) is 0 Å². The monoisotopic (exact) mass is 398 g/mol.